The van der Waals surface area contributed by atoms with Gasteiger partial charge in [0.05, 0.1) is 29.0 Å². The third kappa shape index (κ3) is 1.96. The Labute approximate surface area is 103 Å². The van der Waals surface area contributed by atoms with Gasteiger partial charge in [-0.3, -0.25) is 0 Å². The Morgan fingerprint density at radius 2 is 2.31 bits per heavy atom. The summed E-state index contributed by atoms with van der Waals surface area (Å²) in [7, 11) is 0. The lowest BCUT2D eigenvalue weighted by molar-refractivity contribution is 0.645. The summed E-state index contributed by atoms with van der Waals surface area (Å²) in [6.07, 6.45) is 4.14. The Morgan fingerprint density at radius 3 is 3.00 bits per heavy atom. The van der Waals surface area contributed by atoms with Crippen LogP contribution in [0.1, 0.15) is 25.3 Å². The van der Waals surface area contributed by atoms with Gasteiger partial charge in [-0.25, -0.2) is 4.98 Å². The second-order valence-electron chi connectivity index (χ2n) is 3.73. The third-order valence-electron chi connectivity index (χ3n) is 2.55. The number of benzene rings is 1. The van der Waals surface area contributed by atoms with E-state index in [-0.39, 0.29) is 0 Å². The lowest BCUT2D eigenvalue weighted by atomic mass is 10.2. The first-order valence-corrected chi connectivity index (χ1v) is 6.10. The molecule has 0 spiro atoms. The van der Waals surface area contributed by atoms with Crippen LogP contribution < -0.4 is 0 Å². The zero-order valence-electron chi connectivity index (χ0n) is 9.07. The highest BCUT2D eigenvalue weighted by Crippen LogP contribution is 2.25. The van der Waals surface area contributed by atoms with Crippen LogP contribution in [0.4, 0.5) is 0 Å². The Bertz CT molecular complexity index is 551. The minimum Gasteiger partial charge on any atom is -0.330 e. The number of rotatable bonds is 3. The number of fused-ring (bicyclic) bond motifs is 1. The SMILES string of the molecule is CCCCn1cnc2cc(C#N)cc(Br)c21. The molecule has 0 radical (unpaired) electrons. The van der Waals surface area contributed by atoms with Gasteiger partial charge in [0.2, 0.25) is 0 Å². The highest BCUT2D eigenvalue weighted by molar-refractivity contribution is 9.10. The molecule has 4 heteroatoms. The summed E-state index contributed by atoms with van der Waals surface area (Å²) in [5.41, 5.74) is 2.59. The van der Waals surface area contributed by atoms with E-state index < -0.39 is 0 Å². The number of aromatic nitrogens is 2. The standard InChI is InChI=1S/C12H12BrN3/c1-2-3-4-16-8-15-11-6-9(7-14)5-10(13)12(11)16/h5-6,8H,2-4H2,1H3. The number of unbranched alkanes of at least 4 members (excludes halogenated alkanes) is 1. The molecule has 1 heterocycles. The molecule has 3 nitrogen and oxygen atoms in total. The fourth-order valence-electron chi connectivity index (χ4n) is 1.72. The van der Waals surface area contributed by atoms with Gasteiger partial charge in [0.15, 0.2) is 0 Å². The highest BCUT2D eigenvalue weighted by atomic mass is 79.9. The maximum Gasteiger partial charge on any atom is 0.0992 e. The first-order valence-electron chi connectivity index (χ1n) is 5.30. The van der Waals surface area contributed by atoms with Crippen LogP contribution in [0.25, 0.3) is 11.0 Å². The summed E-state index contributed by atoms with van der Waals surface area (Å²) in [6.45, 7) is 3.14. The van der Waals surface area contributed by atoms with Crippen molar-refractivity contribution in [1.82, 2.24) is 9.55 Å². The van der Waals surface area contributed by atoms with E-state index in [2.05, 4.69) is 38.5 Å². The first kappa shape index (κ1) is 11.2. The summed E-state index contributed by atoms with van der Waals surface area (Å²) < 4.78 is 3.07. The Balaban J connectivity index is 2.51. The fourth-order valence-corrected chi connectivity index (χ4v) is 2.40. The number of nitrogens with zero attached hydrogens (tertiary/aromatic N) is 3. The summed E-state index contributed by atoms with van der Waals surface area (Å²) in [4.78, 5) is 4.32. The van der Waals surface area contributed by atoms with E-state index in [9.17, 15) is 0 Å². The van der Waals surface area contributed by atoms with Crippen molar-refractivity contribution in [1.29, 1.82) is 5.26 Å². The molecule has 16 heavy (non-hydrogen) atoms. The summed E-state index contributed by atoms with van der Waals surface area (Å²) in [5.74, 6) is 0. The molecule has 0 aliphatic carbocycles. The van der Waals surface area contributed by atoms with Gasteiger partial charge in [0, 0.05) is 11.0 Å². The van der Waals surface area contributed by atoms with Crippen molar-refractivity contribution in [3.63, 3.8) is 0 Å². The van der Waals surface area contributed by atoms with Crippen LogP contribution in [-0.2, 0) is 6.54 Å². The molecule has 0 saturated heterocycles. The van der Waals surface area contributed by atoms with E-state index in [0.717, 1.165) is 34.9 Å². The second-order valence-corrected chi connectivity index (χ2v) is 4.58. The van der Waals surface area contributed by atoms with E-state index in [1.165, 1.54) is 0 Å². The minimum absolute atomic E-state index is 0.639. The number of nitriles is 1. The average Bonchev–Trinajstić information content (AvgIpc) is 2.69. The monoisotopic (exact) mass is 277 g/mol. The molecule has 0 aliphatic heterocycles. The van der Waals surface area contributed by atoms with Crippen LogP contribution in [0, 0.1) is 11.3 Å². The second kappa shape index (κ2) is 4.67. The van der Waals surface area contributed by atoms with Gasteiger partial charge in [0.25, 0.3) is 0 Å². The Hall–Kier alpha value is -1.34. The molecule has 0 saturated carbocycles. The normalized spacial score (nSPS) is 10.6. The van der Waals surface area contributed by atoms with Crippen LogP contribution in [0.2, 0.25) is 0 Å². The summed E-state index contributed by atoms with van der Waals surface area (Å²) >= 11 is 3.50. The highest BCUT2D eigenvalue weighted by Gasteiger charge is 2.08. The number of halogens is 1. The van der Waals surface area contributed by atoms with E-state index >= 15 is 0 Å². The zero-order valence-corrected chi connectivity index (χ0v) is 10.7. The third-order valence-corrected chi connectivity index (χ3v) is 3.15. The molecule has 2 rings (SSSR count). The smallest absolute Gasteiger partial charge is 0.0992 e. The largest absolute Gasteiger partial charge is 0.330 e. The summed E-state index contributed by atoms with van der Waals surface area (Å²) in [5, 5.41) is 8.86. The van der Waals surface area contributed by atoms with Crippen LogP contribution in [0.3, 0.4) is 0 Å². The van der Waals surface area contributed by atoms with E-state index in [1.807, 2.05) is 18.5 Å². The zero-order chi connectivity index (χ0) is 11.5. The molecule has 0 unspecified atom stereocenters. The number of aryl methyl sites for hydroxylation is 1. The summed E-state index contributed by atoms with van der Waals surface area (Å²) in [6, 6.07) is 5.79. The van der Waals surface area contributed by atoms with Crippen LogP contribution >= 0.6 is 15.9 Å². The van der Waals surface area contributed by atoms with Crippen LogP contribution in [0.5, 0.6) is 0 Å². The predicted octanol–water partition coefficient (Wildman–Crippen LogP) is 3.47. The van der Waals surface area contributed by atoms with Crippen molar-refractivity contribution in [2.45, 2.75) is 26.3 Å². The Morgan fingerprint density at radius 1 is 1.50 bits per heavy atom. The molecule has 0 N–H and O–H groups in total. The van der Waals surface area contributed by atoms with Crippen molar-refractivity contribution in [2.75, 3.05) is 0 Å². The Kier molecular flexibility index (Phi) is 3.25. The molecule has 0 amide bonds. The van der Waals surface area contributed by atoms with Gasteiger partial charge in [-0.2, -0.15) is 5.26 Å². The van der Waals surface area contributed by atoms with Crippen molar-refractivity contribution in [3.05, 3.63) is 28.5 Å². The van der Waals surface area contributed by atoms with E-state index in [4.69, 9.17) is 5.26 Å². The quantitative estimate of drug-likeness (QED) is 0.862. The lowest BCUT2D eigenvalue weighted by Gasteiger charge is -2.04. The lowest BCUT2D eigenvalue weighted by Crippen LogP contribution is -1.96. The molecule has 0 aliphatic rings. The molecule has 1 aromatic heterocycles. The molecule has 82 valence electrons. The molecule has 2 aromatic rings. The topological polar surface area (TPSA) is 41.6 Å². The minimum atomic E-state index is 0.639. The maximum absolute atomic E-state index is 8.86. The maximum atomic E-state index is 8.86. The van der Waals surface area contributed by atoms with Crippen LogP contribution in [0.15, 0.2) is 22.9 Å². The molecular formula is C12H12BrN3. The predicted molar refractivity (Wildman–Crippen MR) is 67.1 cm³/mol. The molecule has 0 fully saturated rings. The number of imidazole rings is 1. The van der Waals surface area contributed by atoms with Crippen molar-refractivity contribution < 1.29 is 0 Å². The van der Waals surface area contributed by atoms with Crippen molar-refractivity contribution in [2.24, 2.45) is 0 Å². The molecular weight excluding hydrogens is 266 g/mol. The van der Waals surface area contributed by atoms with Gasteiger partial charge in [-0.05, 0) is 34.5 Å². The van der Waals surface area contributed by atoms with Gasteiger partial charge >= 0.3 is 0 Å². The fraction of sp³-hybridized carbons (Fsp3) is 0.333. The molecule has 0 bridgehead atoms. The van der Waals surface area contributed by atoms with Gasteiger partial charge in [0.1, 0.15) is 0 Å². The van der Waals surface area contributed by atoms with Gasteiger partial charge in [-0.1, -0.05) is 13.3 Å². The van der Waals surface area contributed by atoms with Crippen LogP contribution in [-0.4, -0.2) is 9.55 Å². The van der Waals surface area contributed by atoms with Gasteiger partial charge < -0.3 is 4.57 Å². The first-order chi connectivity index (χ1) is 7.76. The number of hydrogen-bond acceptors (Lipinski definition) is 2. The molecule has 1 aromatic carbocycles. The van der Waals surface area contributed by atoms with E-state index in [1.54, 1.807) is 0 Å². The average molecular weight is 278 g/mol. The van der Waals surface area contributed by atoms with Gasteiger partial charge in [-0.15, -0.1) is 0 Å². The van der Waals surface area contributed by atoms with Crippen molar-refractivity contribution in [3.8, 4) is 6.07 Å². The van der Waals surface area contributed by atoms with Crippen molar-refractivity contribution >= 4 is 27.0 Å². The number of hydrogen-bond donors (Lipinski definition) is 0. The molecule has 0 atom stereocenters. The van der Waals surface area contributed by atoms with E-state index in [0.29, 0.717) is 5.56 Å².